The van der Waals surface area contributed by atoms with Crippen molar-refractivity contribution in [3.05, 3.63) is 35.9 Å². The van der Waals surface area contributed by atoms with Crippen LogP contribution in [0, 0.1) is 5.92 Å². The first kappa shape index (κ1) is 19.2. The van der Waals surface area contributed by atoms with E-state index in [0.717, 1.165) is 25.6 Å². The summed E-state index contributed by atoms with van der Waals surface area (Å²) in [5, 5.41) is 15.7. The van der Waals surface area contributed by atoms with Gasteiger partial charge in [0, 0.05) is 25.1 Å². The summed E-state index contributed by atoms with van der Waals surface area (Å²) in [7, 11) is 0. The average molecular weight is 417 g/mol. The molecule has 1 unspecified atom stereocenters. The maximum Gasteiger partial charge on any atom is 0.191 e. The lowest BCUT2D eigenvalue weighted by molar-refractivity contribution is 0.238. The van der Waals surface area contributed by atoms with Crippen LogP contribution >= 0.6 is 24.0 Å². The van der Waals surface area contributed by atoms with Crippen LogP contribution in [0.15, 0.2) is 35.3 Å². The molecule has 124 valence electrons. The van der Waals surface area contributed by atoms with Crippen LogP contribution in [0.4, 0.5) is 0 Å². The van der Waals surface area contributed by atoms with Gasteiger partial charge in [0.25, 0.3) is 0 Å². The lowest BCUT2D eigenvalue weighted by atomic mass is 9.96. The standard InChI is InChI=1S/C17H27N3O.HI/c1-3-18-16(19-11-14(2)12-21)20-13-17(9-10-17)15-7-5-4-6-8-15;/h4-8,14,21H,3,9-13H2,1-2H3,(H2,18,19,20);1H. The molecule has 5 heteroatoms. The summed E-state index contributed by atoms with van der Waals surface area (Å²) in [5.74, 6) is 1.08. The second-order valence-electron chi connectivity index (χ2n) is 6.01. The highest BCUT2D eigenvalue weighted by molar-refractivity contribution is 14.0. The highest BCUT2D eigenvalue weighted by Gasteiger charge is 2.43. The van der Waals surface area contributed by atoms with Gasteiger partial charge >= 0.3 is 0 Å². The highest BCUT2D eigenvalue weighted by atomic mass is 127. The van der Waals surface area contributed by atoms with E-state index in [1.807, 2.05) is 6.92 Å². The largest absolute Gasteiger partial charge is 0.396 e. The summed E-state index contributed by atoms with van der Waals surface area (Å²) >= 11 is 0. The molecule has 1 aliphatic rings. The molecule has 1 aromatic carbocycles. The Morgan fingerprint density at radius 2 is 1.95 bits per heavy atom. The van der Waals surface area contributed by atoms with E-state index in [1.54, 1.807) is 0 Å². The Morgan fingerprint density at radius 1 is 1.27 bits per heavy atom. The van der Waals surface area contributed by atoms with Crippen molar-refractivity contribution in [3.63, 3.8) is 0 Å². The Labute approximate surface area is 150 Å². The molecule has 2 rings (SSSR count). The Kier molecular flexibility index (Phi) is 8.17. The summed E-state index contributed by atoms with van der Waals surface area (Å²) in [6.07, 6.45) is 2.43. The Morgan fingerprint density at radius 3 is 2.50 bits per heavy atom. The number of guanidine groups is 1. The number of benzene rings is 1. The zero-order chi connectivity index (χ0) is 15.1. The van der Waals surface area contributed by atoms with Crippen molar-refractivity contribution >= 4 is 29.9 Å². The first-order valence-corrected chi connectivity index (χ1v) is 7.89. The number of halogens is 1. The molecule has 1 fully saturated rings. The summed E-state index contributed by atoms with van der Waals surface area (Å²) in [6.45, 7) is 6.68. The number of hydrogen-bond donors (Lipinski definition) is 3. The number of aliphatic imine (C=N–C) groups is 1. The lowest BCUT2D eigenvalue weighted by Crippen LogP contribution is -2.40. The maximum absolute atomic E-state index is 9.10. The summed E-state index contributed by atoms with van der Waals surface area (Å²) in [5.41, 5.74) is 1.64. The van der Waals surface area contributed by atoms with Crippen molar-refractivity contribution in [1.29, 1.82) is 0 Å². The van der Waals surface area contributed by atoms with Crippen molar-refractivity contribution in [2.24, 2.45) is 10.9 Å². The molecular formula is C17H28IN3O. The molecule has 1 aromatic rings. The zero-order valence-electron chi connectivity index (χ0n) is 13.5. The van der Waals surface area contributed by atoms with Crippen LogP contribution in [-0.4, -0.2) is 37.3 Å². The van der Waals surface area contributed by atoms with E-state index in [0.29, 0.717) is 0 Å². The number of aliphatic hydroxyl groups is 1. The Balaban J connectivity index is 0.00000242. The first-order chi connectivity index (χ1) is 10.2. The van der Waals surface area contributed by atoms with Crippen LogP contribution in [0.1, 0.15) is 32.3 Å². The van der Waals surface area contributed by atoms with Crippen molar-refractivity contribution in [2.75, 3.05) is 26.2 Å². The van der Waals surface area contributed by atoms with E-state index in [2.05, 4.69) is 47.9 Å². The third kappa shape index (κ3) is 5.43. The van der Waals surface area contributed by atoms with E-state index >= 15 is 0 Å². The van der Waals surface area contributed by atoms with Gasteiger partial charge in [-0.1, -0.05) is 37.3 Å². The zero-order valence-corrected chi connectivity index (χ0v) is 15.8. The minimum absolute atomic E-state index is 0. The van der Waals surface area contributed by atoms with Gasteiger partial charge in [-0.25, -0.2) is 0 Å². The minimum Gasteiger partial charge on any atom is -0.396 e. The Bertz CT molecular complexity index is 460. The third-order valence-electron chi connectivity index (χ3n) is 4.05. The smallest absolute Gasteiger partial charge is 0.191 e. The molecule has 0 amide bonds. The molecule has 3 N–H and O–H groups in total. The van der Waals surface area contributed by atoms with Gasteiger partial charge in [0.2, 0.25) is 0 Å². The molecule has 0 bridgehead atoms. The fourth-order valence-electron chi connectivity index (χ4n) is 2.39. The predicted molar refractivity (Wildman–Crippen MR) is 103 cm³/mol. The second-order valence-corrected chi connectivity index (χ2v) is 6.01. The van der Waals surface area contributed by atoms with Crippen LogP contribution in [0.3, 0.4) is 0 Å². The summed E-state index contributed by atoms with van der Waals surface area (Å²) in [4.78, 5) is 4.74. The Hall–Kier alpha value is -0.820. The monoisotopic (exact) mass is 417 g/mol. The van der Waals surface area contributed by atoms with Crippen LogP contribution in [0.25, 0.3) is 0 Å². The highest BCUT2D eigenvalue weighted by Crippen LogP contribution is 2.48. The number of hydrogen-bond acceptors (Lipinski definition) is 2. The van der Waals surface area contributed by atoms with Gasteiger partial charge in [-0.3, -0.25) is 4.99 Å². The van der Waals surface area contributed by atoms with Crippen molar-refractivity contribution in [3.8, 4) is 0 Å². The van der Waals surface area contributed by atoms with Crippen LogP contribution in [0.5, 0.6) is 0 Å². The molecule has 0 saturated heterocycles. The number of rotatable bonds is 7. The van der Waals surface area contributed by atoms with Crippen molar-refractivity contribution in [2.45, 2.75) is 32.1 Å². The summed E-state index contributed by atoms with van der Waals surface area (Å²) in [6, 6.07) is 10.7. The average Bonchev–Trinajstić information content (AvgIpc) is 3.32. The van der Waals surface area contributed by atoms with E-state index in [9.17, 15) is 0 Å². The number of nitrogens with one attached hydrogen (secondary N) is 2. The first-order valence-electron chi connectivity index (χ1n) is 7.89. The minimum atomic E-state index is 0. The quantitative estimate of drug-likeness (QED) is 0.363. The molecule has 0 spiro atoms. The molecule has 0 radical (unpaired) electrons. The molecule has 4 nitrogen and oxygen atoms in total. The fourth-order valence-corrected chi connectivity index (χ4v) is 2.39. The number of nitrogens with zero attached hydrogens (tertiary/aromatic N) is 1. The molecule has 1 aliphatic carbocycles. The second kappa shape index (κ2) is 9.35. The van der Waals surface area contributed by atoms with E-state index < -0.39 is 0 Å². The molecule has 1 saturated carbocycles. The molecule has 0 heterocycles. The van der Waals surface area contributed by atoms with Crippen molar-refractivity contribution < 1.29 is 5.11 Å². The van der Waals surface area contributed by atoms with Crippen molar-refractivity contribution in [1.82, 2.24) is 10.6 Å². The van der Waals surface area contributed by atoms with Gasteiger partial charge in [-0.05, 0) is 31.2 Å². The van der Waals surface area contributed by atoms with Crippen LogP contribution < -0.4 is 10.6 Å². The summed E-state index contributed by atoms with van der Waals surface area (Å²) < 4.78 is 0. The fraction of sp³-hybridized carbons (Fsp3) is 0.588. The molecule has 1 atom stereocenters. The normalized spacial score (nSPS) is 17.3. The predicted octanol–water partition coefficient (Wildman–Crippen LogP) is 2.52. The van der Waals surface area contributed by atoms with Crippen LogP contribution in [0.2, 0.25) is 0 Å². The maximum atomic E-state index is 9.10. The topological polar surface area (TPSA) is 56.7 Å². The van der Waals surface area contributed by atoms with Gasteiger partial charge in [0.15, 0.2) is 5.96 Å². The lowest BCUT2D eigenvalue weighted by Gasteiger charge is -2.17. The van der Waals surface area contributed by atoms with Crippen LogP contribution in [-0.2, 0) is 5.41 Å². The molecule has 0 aromatic heterocycles. The third-order valence-corrected chi connectivity index (χ3v) is 4.05. The van der Waals surface area contributed by atoms with Gasteiger partial charge < -0.3 is 15.7 Å². The van der Waals surface area contributed by atoms with Gasteiger partial charge in [-0.15, -0.1) is 24.0 Å². The van der Waals surface area contributed by atoms with E-state index in [4.69, 9.17) is 10.1 Å². The molecule has 22 heavy (non-hydrogen) atoms. The van der Waals surface area contributed by atoms with E-state index in [1.165, 1.54) is 18.4 Å². The number of aliphatic hydroxyl groups excluding tert-OH is 1. The van der Waals surface area contributed by atoms with Gasteiger partial charge in [-0.2, -0.15) is 0 Å². The molecular weight excluding hydrogens is 389 g/mol. The SMILES string of the molecule is CCNC(=NCC1(c2ccccc2)CC1)NCC(C)CO.I. The van der Waals surface area contributed by atoms with E-state index in [-0.39, 0.29) is 41.9 Å². The molecule has 0 aliphatic heterocycles. The van der Waals surface area contributed by atoms with Gasteiger partial charge in [0.1, 0.15) is 0 Å². The van der Waals surface area contributed by atoms with Gasteiger partial charge in [0.05, 0.1) is 6.54 Å².